The Labute approximate surface area is 161 Å². The molecule has 0 spiro atoms. The number of nitrogens with zero attached hydrogens (tertiary/aromatic N) is 5. The van der Waals surface area contributed by atoms with E-state index in [-0.39, 0.29) is 0 Å². The van der Waals surface area contributed by atoms with Crippen LogP contribution in [0.15, 0.2) is 60.0 Å². The molecule has 1 aliphatic heterocycles. The van der Waals surface area contributed by atoms with E-state index in [9.17, 15) is 0 Å². The third-order valence-corrected chi connectivity index (χ3v) is 4.28. The molecule has 0 unspecified atom stereocenters. The predicted octanol–water partition coefficient (Wildman–Crippen LogP) is 4.11. The van der Waals surface area contributed by atoms with E-state index in [1.807, 2.05) is 47.5 Å². The molecular weight excluding hydrogens is 364 g/mol. The third kappa shape index (κ3) is 3.98. The molecule has 1 aromatic carbocycles. The lowest BCUT2D eigenvalue weighted by atomic mass is 10.2. The van der Waals surface area contributed by atoms with Crippen molar-refractivity contribution in [3.05, 3.63) is 59.9 Å². The summed E-state index contributed by atoms with van der Waals surface area (Å²) in [4.78, 5) is 13.3. The molecule has 1 aliphatic rings. The van der Waals surface area contributed by atoms with Crippen molar-refractivity contribution in [2.24, 2.45) is 5.10 Å². The molecule has 0 amide bonds. The van der Waals surface area contributed by atoms with Gasteiger partial charge in [0.1, 0.15) is 5.82 Å². The number of hydrogen-bond donors (Lipinski definition) is 1. The van der Waals surface area contributed by atoms with E-state index in [0.29, 0.717) is 16.9 Å². The maximum atomic E-state index is 6.03. The van der Waals surface area contributed by atoms with E-state index < -0.39 is 0 Å². The number of anilines is 3. The highest BCUT2D eigenvalue weighted by molar-refractivity contribution is 6.30. The Hall–Kier alpha value is -3.19. The SMILES string of the molecule is COC1=NN(c2cc(-c3ccnc(Nc4cccc(Cl)c4)n3)ccn2)CC1. The Morgan fingerprint density at radius 1 is 1.11 bits per heavy atom. The second kappa shape index (κ2) is 7.59. The molecule has 0 saturated heterocycles. The van der Waals surface area contributed by atoms with E-state index in [0.717, 1.165) is 35.7 Å². The van der Waals surface area contributed by atoms with Gasteiger partial charge in [-0.1, -0.05) is 17.7 Å². The summed E-state index contributed by atoms with van der Waals surface area (Å²) >= 11 is 6.03. The minimum atomic E-state index is 0.494. The van der Waals surface area contributed by atoms with Crippen molar-refractivity contribution in [2.75, 3.05) is 24.0 Å². The maximum Gasteiger partial charge on any atom is 0.227 e. The van der Waals surface area contributed by atoms with Gasteiger partial charge in [-0.05, 0) is 36.4 Å². The molecule has 136 valence electrons. The van der Waals surface area contributed by atoms with Crippen LogP contribution < -0.4 is 10.3 Å². The topological polar surface area (TPSA) is 75.5 Å². The molecule has 0 bridgehead atoms. The van der Waals surface area contributed by atoms with Gasteiger partial charge in [0.25, 0.3) is 0 Å². The molecule has 2 aromatic heterocycles. The van der Waals surface area contributed by atoms with E-state index >= 15 is 0 Å². The van der Waals surface area contributed by atoms with Crippen LogP contribution in [0.5, 0.6) is 0 Å². The molecule has 8 heteroatoms. The molecule has 27 heavy (non-hydrogen) atoms. The highest BCUT2D eigenvalue weighted by Gasteiger charge is 2.18. The Kier molecular flexibility index (Phi) is 4.84. The molecule has 0 fully saturated rings. The number of aromatic nitrogens is 3. The van der Waals surface area contributed by atoms with Gasteiger partial charge in [0.15, 0.2) is 0 Å². The summed E-state index contributed by atoms with van der Waals surface area (Å²) < 4.78 is 5.20. The van der Waals surface area contributed by atoms with Crippen LogP contribution in [0.1, 0.15) is 6.42 Å². The number of halogens is 1. The summed E-state index contributed by atoms with van der Waals surface area (Å²) in [6, 6.07) is 13.1. The van der Waals surface area contributed by atoms with Gasteiger partial charge in [0.2, 0.25) is 11.8 Å². The minimum absolute atomic E-state index is 0.494. The number of methoxy groups -OCH3 is 1. The molecule has 1 N–H and O–H groups in total. The van der Waals surface area contributed by atoms with Crippen LogP contribution in [0.2, 0.25) is 5.02 Å². The van der Waals surface area contributed by atoms with Gasteiger partial charge in [-0.15, -0.1) is 5.10 Å². The normalized spacial score (nSPS) is 13.4. The van der Waals surface area contributed by atoms with Crippen molar-refractivity contribution >= 4 is 35.0 Å². The summed E-state index contributed by atoms with van der Waals surface area (Å²) in [5.41, 5.74) is 2.54. The van der Waals surface area contributed by atoms with Crippen molar-refractivity contribution < 1.29 is 4.74 Å². The second-order valence-corrected chi connectivity index (χ2v) is 6.31. The van der Waals surface area contributed by atoms with Crippen LogP contribution in [0.3, 0.4) is 0 Å². The minimum Gasteiger partial charge on any atom is -0.483 e. The van der Waals surface area contributed by atoms with Crippen LogP contribution in [0.25, 0.3) is 11.3 Å². The van der Waals surface area contributed by atoms with Gasteiger partial charge >= 0.3 is 0 Å². The van der Waals surface area contributed by atoms with Crippen LogP contribution >= 0.6 is 11.6 Å². The molecule has 7 nitrogen and oxygen atoms in total. The van der Waals surface area contributed by atoms with Gasteiger partial charge in [0, 0.05) is 35.1 Å². The smallest absolute Gasteiger partial charge is 0.227 e. The van der Waals surface area contributed by atoms with Crippen LogP contribution in [-0.4, -0.2) is 34.5 Å². The standard InChI is InChI=1S/C19H17ClN6O/c1-27-18-7-10-26(25-18)17-11-13(5-8-21-17)16-6-9-22-19(24-16)23-15-4-2-3-14(20)12-15/h2-6,8-9,11-12H,7,10H2,1H3,(H,22,23,24). The molecule has 3 aromatic rings. The molecule has 0 atom stereocenters. The van der Waals surface area contributed by atoms with Gasteiger partial charge in [-0.3, -0.25) is 0 Å². The number of benzene rings is 1. The summed E-state index contributed by atoms with van der Waals surface area (Å²) in [5, 5.41) is 10.0. The lowest BCUT2D eigenvalue weighted by molar-refractivity contribution is 0.396. The molecule has 0 radical (unpaired) electrons. The Morgan fingerprint density at radius 2 is 2.00 bits per heavy atom. The number of hydrazone groups is 1. The van der Waals surface area contributed by atoms with Crippen molar-refractivity contribution in [2.45, 2.75) is 6.42 Å². The fourth-order valence-electron chi connectivity index (χ4n) is 2.74. The summed E-state index contributed by atoms with van der Waals surface area (Å²) in [6.07, 6.45) is 4.23. The van der Waals surface area contributed by atoms with Crippen LogP contribution in [-0.2, 0) is 4.74 Å². The van der Waals surface area contributed by atoms with Gasteiger partial charge in [-0.25, -0.2) is 20.0 Å². The van der Waals surface area contributed by atoms with E-state index in [2.05, 4.69) is 25.4 Å². The Morgan fingerprint density at radius 3 is 2.81 bits per heavy atom. The quantitative estimate of drug-likeness (QED) is 0.734. The Bertz CT molecular complexity index is 993. The first-order valence-corrected chi connectivity index (χ1v) is 8.80. The number of pyridine rings is 1. The number of hydrogen-bond acceptors (Lipinski definition) is 7. The molecule has 3 heterocycles. The van der Waals surface area contributed by atoms with Crippen LogP contribution in [0, 0.1) is 0 Å². The zero-order valence-corrected chi connectivity index (χ0v) is 15.4. The van der Waals surface area contributed by atoms with Crippen molar-refractivity contribution in [3.8, 4) is 11.3 Å². The zero-order chi connectivity index (χ0) is 18.6. The van der Waals surface area contributed by atoms with Crippen molar-refractivity contribution in [1.82, 2.24) is 15.0 Å². The second-order valence-electron chi connectivity index (χ2n) is 5.87. The molecule has 0 saturated carbocycles. The highest BCUT2D eigenvalue weighted by atomic mass is 35.5. The largest absolute Gasteiger partial charge is 0.483 e. The monoisotopic (exact) mass is 380 g/mol. The van der Waals surface area contributed by atoms with Gasteiger partial charge < -0.3 is 10.1 Å². The van der Waals surface area contributed by atoms with Gasteiger partial charge in [-0.2, -0.15) is 0 Å². The van der Waals surface area contributed by atoms with E-state index in [4.69, 9.17) is 16.3 Å². The molecule has 0 aliphatic carbocycles. The lowest BCUT2D eigenvalue weighted by Gasteiger charge is -2.13. The van der Waals surface area contributed by atoms with Crippen molar-refractivity contribution in [1.29, 1.82) is 0 Å². The summed E-state index contributed by atoms with van der Waals surface area (Å²) in [6.45, 7) is 0.741. The number of nitrogens with one attached hydrogen (secondary N) is 1. The zero-order valence-electron chi connectivity index (χ0n) is 14.6. The van der Waals surface area contributed by atoms with Crippen LogP contribution in [0.4, 0.5) is 17.5 Å². The average molecular weight is 381 g/mol. The fourth-order valence-corrected chi connectivity index (χ4v) is 2.93. The first-order valence-electron chi connectivity index (χ1n) is 8.42. The molecule has 4 rings (SSSR count). The number of ether oxygens (including phenoxy) is 1. The van der Waals surface area contributed by atoms with E-state index in [1.54, 1.807) is 19.5 Å². The fraction of sp³-hybridized carbons (Fsp3) is 0.158. The summed E-state index contributed by atoms with van der Waals surface area (Å²) in [7, 11) is 1.63. The lowest BCUT2D eigenvalue weighted by Crippen LogP contribution is -2.13. The third-order valence-electron chi connectivity index (χ3n) is 4.05. The first-order chi connectivity index (χ1) is 13.2. The predicted molar refractivity (Wildman–Crippen MR) is 106 cm³/mol. The molecular formula is C19H17ClN6O. The average Bonchev–Trinajstić information content (AvgIpc) is 3.18. The first kappa shape index (κ1) is 17.2. The van der Waals surface area contributed by atoms with Gasteiger partial charge in [0.05, 0.1) is 19.3 Å². The Balaban J connectivity index is 1.59. The number of rotatable bonds is 4. The van der Waals surface area contributed by atoms with Crippen molar-refractivity contribution in [3.63, 3.8) is 0 Å². The highest BCUT2D eigenvalue weighted by Crippen LogP contribution is 2.25. The van der Waals surface area contributed by atoms with E-state index in [1.165, 1.54) is 0 Å². The summed E-state index contributed by atoms with van der Waals surface area (Å²) in [5.74, 6) is 1.95. The maximum absolute atomic E-state index is 6.03.